The third-order valence-electron chi connectivity index (χ3n) is 6.83. The Morgan fingerprint density at radius 3 is 2.41 bits per heavy atom. The maximum absolute atomic E-state index is 13.5. The van der Waals surface area contributed by atoms with Crippen LogP contribution in [0.2, 0.25) is 0 Å². The molecule has 4 rings (SSSR count). The number of ether oxygens (including phenoxy) is 2. The van der Waals surface area contributed by atoms with Gasteiger partial charge in [0.05, 0.1) is 11.5 Å². The van der Waals surface area contributed by atoms with Gasteiger partial charge in [-0.25, -0.2) is 4.79 Å². The molecular weight excluding hydrogens is 578 g/mol. The highest BCUT2D eigenvalue weighted by Gasteiger charge is 2.23. The molecule has 3 amide bonds. The van der Waals surface area contributed by atoms with E-state index < -0.39 is 12.1 Å². The van der Waals surface area contributed by atoms with Gasteiger partial charge in [-0.15, -0.1) is 11.3 Å². The molecule has 0 fully saturated rings. The lowest BCUT2D eigenvalue weighted by Gasteiger charge is -2.19. The highest BCUT2D eigenvalue weighted by molar-refractivity contribution is 7.20. The van der Waals surface area contributed by atoms with E-state index in [1.54, 1.807) is 13.0 Å². The lowest BCUT2D eigenvalue weighted by molar-refractivity contribution is -0.143. The van der Waals surface area contributed by atoms with Crippen LogP contribution in [0.1, 0.15) is 53.4 Å². The number of para-hydroxylation sites is 1. The van der Waals surface area contributed by atoms with E-state index in [1.165, 1.54) is 11.3 Å². The number of carbonyl (C=O) groups is 4. The van der Waals surface area contributed by atoms with Crippen molar-refractivity contribution in [3.05, 3.63) is 101 Å². The molecule has 3 aromatic carbocycles. The molecule has 1 atom stereocenters. The fourth-order valence-electron chi connectivity index (χ4n) is 4.60. The number of hydrogen-bond acceptors (Lipinski definition) is 7. The van der Waals surface area contributed by atoms with Crippen LogP contribution in [0.15, 0.2) is 84.9 Å². The van der Waals surface area contributed by atoms with E-state index in [0.29, 0.717) is 36.4 Å². The van der Waals surface area contributed by atoms with E-state index in [4.69, 9.17) is 9.47 Å². The van der Waals surface area contributed by atoms with Crippen molar-refractivity contribution in [2.24, 2.45) is 0 Å². The van der Waals surface area contributed by atoms with Crippen molar-refractivity contribution in [1.82, 2.24) is 10.6 Å². The standard InChI is InChI=1S/C34H37N3O6S/c1-2-42-31(38)20-10-16-25-14-6-8-17-27(25)36-32(39)28(37-33(40)30-22-26-15-7-9-19-29(26)44-30)18-11-21-35-34(41)43-23-24-12-4-3-5-13-24/h3-9,12-15,17,19,22,28H,2,10-11,16,18,20-21,23H2,1H3,(H,35,41)(H,36,39)(H,37,40)/t28-/m0/s1. The Labute approximate surface area is 260 Å². The number of alkyl carbamates (subject to hydrolysis) is 1. The van der Waals surface area contributed by atoms with Crippen LogP contribution in [0, 0.1) is 0 Å². The molecule has 44 heavy (non-hydrogen) atoms. The molecule has 1 aromatic heterocycles. The van der Waals surface area contributed by atoms with E-state index in [1.807, 2.05) is 78.9 Å². The topological polar surface area (TPSA) is 123 Å². The fourth-order valence-corrected chi connectivity index (χ4v) is 5.57. The van der Waals surface area contributed by atoms with Gasteiger partial charge in [0.25, 0.3) is 5.91 Å². The van der Waals surface area contributed by atoms with Gasteiger partial charge in [0, 0.05) is 23.4 Å². The van der Waals surface area contributed by atoms with Gasteiger partial charge in [0.2, 0.25) is 5.91 Å². The third-order valence-corrected chi connectivity index (χ3v) is 7.95. The predicted octanol–water partition coefficient (Wildman–Crippen LogP) is 6.23. The Balaban J connectivity index is 1.37. The second kappa shape index (κ2) is 16.8. The van der Waals surface area contributed by atoms with Crippen LogP contribution in [0.3, 0.4) is 0 Å². The maximum Gasteiger partial charge on any atom is 0.407 e. The van der Waals surface area contributed by atoms with Gasteiger partial charge in [-0.2, -0.15) is 0 Å². The normalized spacial score (nSPS) is 11.4. The zero-order chi connectivity index (χ0) is 31.1. The molecule has 4 aromatic rings. The van der Waals surface area contributed by atoms with Crippen LogP contribution < -0.4 is 16.0 Å². The molecule has 3 N–H and O–H groups in total. The van der Waals surface area contributed by atoms with Gasteiger partial charge >= 0.3 is 12.1 Å². The van der Waals surface area contributed by atoms with Crippen molar-refractivity contribution < 1.29 is 28.7 Å². The first-order chi connectivity index (χ1) is 21.4. The summed E-state index contributed by atoms with van der Waals surface area (Å²) >= 11 is 1.36. The maximum atomic E-state index is 13.5. The summed E-state index contributed by atoms with van der Waals surface area (Å²) in [6.07, 6.45) is 1.58. The highest BCUT2D eigenvalue weighted by Crippen LogP contribution is 2.25. The second-order valence-corrected chi connectivity index (χ2v) is 11.2. The average Bonchev–Trinajstić information content (AvgIpc) is 3.48. The molecule has 9 nitrogen and oxygen atoms in total. The molecule has 10 heteroatoms. The van der Waals surface area contributed by atoms with Gasteiger partial charge < -0.3 is 25.4 Å². The summed E-state index contributed by atoms with van der Waals surface area (Å²) < 4.78 is 11.3. The first-order valence-electron chi connectivity index (χ1n) is 14.7. The molecule has 0 aliphatic heterocycles. The molecular formula is C34H37N3O6S. The molecule has 230 valence electrons. The highest BCUT2D eigenvalue weighted by atomic mass is 32.1. The van der Waals surface area contributed by atoms with Crippen molar-refractivity contribution in [3.63, 3.8) is 0 Å². The number of esters is 1. The predicted molar refractivity (Wildman–Crippen MR) is 172 cm³/mol. The third kappa shape index (κ3) is 9.95. The summed E-state index contributed by atoms with van der Waals surface area (Å²) in [4.78, 5) is 51.3. The molecule has 0 bridgehead atoms. The number of hydrogen-bond donors (Lipinski definition) is 3. The molecule has 0 saturated heterocycles. The largest absolute Gasteiger partial charge is 0.466 e. The molecule has 0 unspecified atom stereocenters. The molecule has 0 aliphatic rings. The van der Waals surface area contributed by atoms with E-state index in [0.717, 1.165) is 21.2 Å². The lowest BCUT2D eigenvalue weighted by Crippen LogP contribution is -2.44. The van der Waals surface area contributed by atoms with Crippen molar-refractivity contribution in [2.45, 2.75) is 51.7 Å². The van der Waals surface area contributed by atoms with Crippen molar-refractivity contribution in [3.8, 4) is 0 Å². The molecule has 0 spiro atoms. The summed E-state index contributed by atoms with van der Waals surface area (Å²) in [6.45, 7) is 2.53. The van der Waals surface area contributed by atoms with Crippen LogP contribution >= 0.6 is 11.3 Å². The Bertz CT molecular complexity index is 1520. The van der Waals surface area contributed by atoms with Crippen LogP contribution in [0.5, 0.6) is 0 Å². The van der Waals surface area contributed by atoms with Gasteiger partial charge in [-0.05, 0) is 67.3 Å². The smallest absolute Gasteiger partial charge is 0.407 e. The zero-order valence-corrected chi connectivity index (χ0v) is 25.5. The molecule has 1 heterocycles. The van der Waals surface area contributed by atoms with Gasteiger partial charge in [-0.3, -0.25) is 14.4 Å². The minimum Gasteiger partial charge on any atom is -0.466 e. The van der Waals surface area contributed by atoms with Gasteiger partial charge in [-0.1, -0.05) is 66.7 Å². The minimum atomic E-state index is -0.859. The summed E-state index contributed by atoms with van der Waals surface area (Å²) in [5.41, 5.74) is 2.37. The van der Waals surface area contributed by atoms with E-state index in [-0.39, 0.29) is 43.8 Å². The van der Waals surface area contributed by atoms with Crippen LogP contribution in [0.25, 0.3) is 10.1 Å². The van der Waals surface area contributed by atoms with Gasteiger partial charge in [0.15, 0.2) is 0 Å². The summed E-state index contributed by atoms with van der Waals surface area (Å²) in [5, 5.41) is 9.53. The number of rotatable bonds is 15. The first kappa shape index (κ1) is 32.2. The molecule has 0 radical (unpaired) electrons. The Morgan fingerprint density at radius 2 is 1.61 bits per heavy atom. The zero-order valence-electron chi connectivity index (χ0n) is 24.7. The van der Waals surface area contributed by atoms with Crippen molar-refractivity contribution in [1.29, 1.82) is 0 Å². The molecule has 0 saturated carbocycles. The first-order valence-corrected chi connectivity index (χ1v) is 15.5. The van der Waals surface area contributed by atoms with Crippen LogP contribution in [0.4, 0.5) is 10.5 Å². The van der Waals surface area contributed by atoms with E-state index in [2.05, 4.69) is 16.0 Å². The summed E-state index contributed by atoms with van der Waals surface area (Å²) in [6, 6.07) is 25.4. The number of carbonyl (C=O) groups excluding carboxylic acids is 4. The number of benzene rings is 3. The Morgan fingerprint density at radius 1 is 0.864 bits per heavy atom. The number of nitrogens with one attached hydrogen (secondary N) is 3. The summed E-state index contributed by atoms with van der Waals surface area (Å²) in [5.74, 6) is -0.969. The number of thiophene rings is 1. The second-order valence-electron chi connectivity index (χ2n) is 10.1. The Kier molecular flexibility index (Phi) is 12.3. The van der Waals surface area contributed by atoms with Gasteiger partial charge in [0.1, 0.15) is 12.6 Å². The van der Waals surface area contributed by atoms with Crippen molar-refractivity contribution >= 4 is 51.0 Å². The SMILES string of the molecule is CCOC(=O)CCCc1ccccc1NC(=O)[C@H](CCCNC(=O)OCc1ccccc1)NC(=O)c1cc2ccccc2s1. The number of fused-ring (bicyclic) bond motifs is 1. The van der Waals surface area contributed by atoms with E-state index in [9.17, 15) is 19.2 Å². The van der Waals surface area contributed by atoms with Crippen molar-refractivity contribution in [2.75, 3.05) is 18.5 Å². The number of anilines is 1. The summed E-state index contributed by atoms with van der Waals surface area (Å²) in [7, 11) is 0. The van der Waals surface area contributed by atoms with Crippen LogP contribution in [-0.4, -0.2) is 43.1 Å². The Hall–Kier alpha value is -4.70. The fraction of sp³-hybridized carbons (Fsp3) is 0.294. The number of aryl methyl sites for hydroxylation is 1. The van der Waals surface area contributed by atoms with Crippen LogP contribution in [-0.2, 0) is 32.1 Å². The molecule has 0 aliphatic carbocycles. The average molecular weight is 616 g/mol. The monoisotopic (exact) mass is 615 g/mol. The minimum absolute atomic E-state index is 0.155. The number of amides is 3. The quantitative estimate of drug-likeness (QED) is 0.108. The lowest BCUT2D eigenvalue weighted by atomic mass is 10.0. The van der Waals surface area contributed by atoms with E-state index >= 15 is 0 Å².